The Morgan fingerprint density at radius 2 is 1.71 bits per heavy atom. The molecule has 0 aromatic heterocycles. The van der Waals surface area contributed by atoms with E-state index in [9.17, 15) is 9.18 Å². The number of hydrogen-bond acceptors (Lipinski definition) is 3. The molecule has 0 radical (unpaired) electrons. The molecule has 1 aromatic carbocycles. The van der Waals surface area contributed by atoms with E-state index in [1.807, 2.05) is 12.1 Å². The standard InChI is InChI=1S/C18H28FNO4/c1-13(20-18(21)22)10-15-12-16(23-2)14(11-17(15)24-3)8-6-4-5-7-9-19/h11-13,20H,4-10H2,1-3H3,(H,21,22). The van der Waals surface area contributed by atoms with Gasteiger partial charge in [-0.25, -0.2) is 4.79 Å². The van der Waals surface area contributed by atoms with Crippen LogP contribution in [0.4, 0.5) is 9.18 Å². The van der Waals surface area contributed by atoms with Crippen LogP contribution in [-0.2, 0) is 12.8 Å². The molecule has 6 heteroatoms. The fourth-order valence-corrected chi connectivity index (χ4v) is 2.73. The van der Waals surface area contributed by atoms with Crippen molar-refractivity contribution in [3.63, 3.8) is 0 Å². The molecule has 1 atom stereocenters. The van der Waals surface area contributed by atoms with E-state index in [1.165, 1.54) is 0 Å². The van der Waals surface area contributed by atoms with Gasteiger partial charge in [0.05, 0.1) is 20.9 Å². The van der Waals surface area contributed by atoms with E-state index in [1.54, 1.807) is 21.1 Å². The van der Waals surface area contributed by atoms with Gasteiger partial charge in [0, 0.05) is 6.04 Å². The zero-order valence-electron chi connectivity index (χ0n) is 14.7. The maximum Gasteiger partial charge on any atom is 0.404 e. The first-order chi connectivity index (χ1) is 11.5. The first kappa shape index (κ1) is 20.1. The van der Waals surface area contributed by atoms with Crippen molar-refractivity contribution in [1.82, 2.24) is 5.32 Å². The van der Waals surface area contributed by atoms with Gasteiger partial charge in [-0.2, -0.15) is 0 Å². The summed E-state index contributed by atoms with van der Waals surface area (Å²) < 4.78 is 23.0. The van der Waals surface area contributed by atoms with Gasteiger partial charge in [-0.05, 0) is 55.9 Å². The van der Waals surface area contributed by atoms with Gasteiger partial charge < -0.3 is 19.9 Å². The van der Waals surface area contributed by atoms with E-state index in [0.717, 1.165) is 48.3 Å². The number of amides is 1. The van der Waals surface area contributed by atoms with E-state index in [-0.39, 0.29) is 12.7 Å². The molecule has 0 fully saturated rings. The largest absolute Gasteiger partial charge is 0.496 e. The molecule has 0 bridgehead atoms. The number of alkyl halides is 1. The van der Waals surface area contributed by atoms with Gasteiger partial charge in [-0.1, -0.05) is 12.8 Å². The van der Waals surface area contributed by atoms with Crippen LogP contribution in [0.3, 0.4) is 0 Å². The topological polar surface area (TPSA) is 67.8 Å². The molecule has 136 valence electrons. The number of rotatable bonds is 11. The lowest BCUT2D eigenvalue weighted by Crippen LogP contribution is -2.32. The third kappa shape index (κ3) is 6.64. The molecule has 1 aromatic rings. The molecule has 5 nitrogen and oxygen atoms in total. The zero-order valence-corrected chi connectivity index (χ0v) is 14.7. The minimum absolute atomic E-state index is 0.229. The predicted molar refractivity (Wildman–Crippen MR) is 92.0 cm³/mol. The first-order valence-electron chi connectivity index (χ1n) is 8.31. The molecule has 0 aliphatic heterocycles. The first-order valence-corrected chi connectivity index (χ1v) is 8.31. The summed E-state index contributed by atoms with van der Waals surface area (Å²) in [6, 6.07) is 3.64. The minimum Gasteiger partial charge on any atom is -0.496 e. The summed E-state index contributed by atoms with van der Waals surface area (Å²) in [6.45, 7) is 1.55. The highest BCUT2D eigenvalue weighted by molar-refractivity contribution is 5.64. The Labute approximate surface area is 143 Å². The molecule has 2 N–H and O–H groups in total. The van der Waals surface area contributed by atoms with E-state index in [4.69, 9.17) is 14.6 Å². The number of unbranched alkanes of at least 4 members (excludes halogenated alkanes) is 3. The van der Waals surface area contributed by atoms with E-state index < -0.39 is 6.09 Å². The fraction of sp³-hybridized carbons (Fsp3) is 0.611. The quantitative estimate of drug-likeness (QED) is 0.598. The van der Waals surface area contributed by atoms with Crippen molar-refractivity contribution in [3.8, 4) is 11.5 Å². The molecular formula is C18H28FNO4. The number of methoxy groups -OCH3 is 2. The number of halogens is 1. The van der Waals surface area contributed by atoms with Crippen molar-refractivity contribution >= 4 is 6.09 Å². The second-order valence-electron chi connectivity index (χ2n) is 5.88. The Kier molecular flexibility index (Phi) is 8.97. The van der Waals surface area contributed by atoms with Gasteiger partial charge in [0.2, 0.25) is 0 Å². The van der Waals surface area contributed by atoms with Crippen LogP contribution in [0.25, 0.3) is 0 Å². The summed E-state index contributed by atoms with van der Waals surface area (Å²) in [7, 11) is 3.22. The number of aryl methyl sites for hydroxylation is 1. The van der Waals surface area contributed by atoms with Crippen LogP contribution in [0.5, 0.6) is 11.5 Å². The molecule has 0 aliphatic rings. The Morgan fingerprint density at radius 3 is 2.29 bits per heavy atom. The highest BCUT2D eigenvalue weighted by Gasteiger charge is 2.14. The molecule has 1 unspecified atom stereocenters. The number of hydrogen-bond donors (Lipinski definition) is 2. The molecule has 0 aliphatic carbocycles. The zero-order chi connectivity index (χ0) is 17.9. The summed E-state index contributed by atoms with van der Waals surface area (Å²) in [6.07, 6.45) is 3.78. The smallest absolute Gasteiger partial charge is 0.404 e. The Hall–Kier alpha value is -1.98. The Morgan fingerprint density at radius 1 is 1.12 bits per heavy atom. The summed E-state index contributed by atoms with van der Waals surface area (Å²) in [4.78, 5) is 10.7. The highest BCUT2D eigenvalue weighted by Crippen LogP contribution is 2.31. The van der Waals surface area contributed by atoms with E-state index >= 15 is 0 Å². The third-order valence-electron chi connectivity index (χ3n) is 3.91. The van der Waals surface area contributed by atoms with Crippen LogP contribution >= 0.6 is 0 Å². The molecule has 1 amide bonds. The SMILES string of the molecule is COc1cc(CC(C)NC(=O)O)c(OC)cc1CCCCCCF. The summed E-state index contributed by atoms with van der Waals surface area (Å²) in [5, 5.41) is 11.2. The molecule has 1 rings (SSSR count). The number of benzene rings is 1. The van der Waals surface area contributed by atoms with Crippen LogP contribution in [-0.4, -0.2) is 38.1 Å². The summed E-state index contributed by atoms with van der Waals surface area (Å²) in [5.41, 5.74) is 1.95. The molecule has 0 saturated heterocycles. The predicted octanol–water partition coefficient (Wildman–Crippen LogP) is 3.97. The average molecular weight is 341 g/mol. The minimum atomic E-state index is -1.04. The Bertz CT molecular complexity index is 522. The van der Waals surface area contributed by atoms with Crippen molar-refractivity contribution in [2.75, 3.05) is 20.9 Å². The number of carboxylic acid groups (broad SMARTS) is 1. The maximum atomic E-state index is 12.1. The van der Waals surface area contributed by atoms with Crippen LogP contribution in [0.15, 0.2) is 12.1 Å². The van der Waals surface area contributed by atoms with Crippen molar-refractivity contribution in [2.45, 2.75) is 51.5 Å². The van der Waals surface area contributed by atoms with Crippen LogP contribution in [0.2, 0.25) is 0 Å². The van der Waals surface area contributed by atoms with Gasteiger partial charge in [-0.15, -0.1) is 0 Å². The molecule has 24 heavy (non-hydrogen) atoms. The maximum absolute atomic E-state index is 12.1. The Balaban J connectivity index is 2.82. The third-order valence-corrected chi connectivity index (χ3v) is 3.91. The van der Waals surface area contributed by atoms with Crippen molar-refractivity contribution < 1.29 is 23.8 Å². The second-order valence-corrected chi connectivity index (χ2v) is 5.88. The van der Waals surface area contributed by atoms with Gasteiger partial charge in [0.25, 0.3) is 0 Å². The van der Waals surface area contributed by atoms with Crippen molar-refractivity contribution in [3.05, 3.63) is 23.3 Å². The lowest BCUT2D eigenvalue weighted by atomic mass is 9.99. The summed E-state index contributed by atoms with van der Waals surface area (Å²) in [5.74, 6) is 1.51. The molecule has 0 heterocycles. The van der Waals surface area contributed by atoms with Crippen LogP contribution in [0.1, 0.15) is 43.7 Å². The van der Waals surface area contributed by atoms with Gasteiger partial charge in [0.1, 0.15) is 11.5 Å². The van der Waals surface area contributed by atoms with Crippen molar-refractivity contribution in [2.24, 2.45) is 0 Å². The highest BCUT2D eigenvalue weighted by atomic mass is 19.1. The summed E-state index contributed by atoms with van der Waals surface area (Å²) >= 11 is 0. The lowest BCUT2D eigenvalue weighted by molar-refractivity contribution is 0.190. The fourth-order valence-electron chi connectivity index (χ4n) is 2.73. The van der Waals surface area contributed by atoms with Crippen LogP contribution < -0.4 is 14.8 Å². The van der Waals surface area contributed by atoms with E-state index in [0.29, 0.717) is 12.8 Å². The second kappa shape index (κ2) is 10.7. The molecule has 0 spiro atoms. The number of carbonyl (C=O) groups is 1. The molecular weight excluding hydrogens is 313 g/mol. The molecule has 0 saturated carbocycles. The monoisotopic (exact) mass is 341 g/mol. The van der Waals surface area contributed by atoms with Gasteiger partial charge in [-0.3, -0.25) is 4.39 Å². The number of ether oxygens (including phenoxy) is 2. The van der Waals surface area contributed by atoms with Crippen LogP contribution in [0, 0.1) is 0 Å². The van der Waals surface area contributed by atoms with Crippen molar-refractivity contribution in [1.29, 1.82) is 0 Å². The van der Waals surface area contributed by atoms with Gasteiger partial charge >= 0.3 is 6.09 Å². The average Bonchev–Trinajstić information content (AvgIpc) is 2.54. The number of nitrogens with one attached hydrogen (secondary N) is 1. The van der Waals surface area contributed by atoms with Gasteiger partial charge in [0.15, 0.2) is 0 Å². The normalized spacial score (nSPS) is 11.8. The van der Waals surface area contributed by atoms with E-state index in [2.05, 4.69) is 5.32 Å². The lowest BCUT2D eigenvalue weighted by Gasteiger charge is -2.17.